The lowest BCUT2D eigenvalue weighted by Gasteiger charge is -2.32. The van der Waals surface area contributed by atoms with Crippen molar-refractivity contribution in [3.63, 3.8) is 0 Å². The number of aromatic nitrogens is 2. The number of carbonyl (C=O) groups excluding carboxylic acids is 1. The van der Waals surface area contributed by atoms with Crippen LogP contribution in [-0.2, 0) is 0 Å². The molecule has 1 saturated heterocycles. The second-order valence-corrected chi connectivity index (χ2v) is 5.33. The smallest absolute Gasteiger partial charge is 0.319 e. The number of nitrogens with zero attached hydrogens (tertiary/aromatic N) is 3. The van der Waals surface area contributed by atoms with E-state index in [2.05, 4.69) is 10.2 Å². The highest BCUT2D eigenvalue weighted by Gasteiger charge is 2.31. The standard InChI is InChI=1S/C15H16N4O4/c20-15(14-13(19(21)22)9-16-17-14)18-8-4-7-12(10-18)23-11-5-2-1-3-6-11/h1-3,5-6,9,12H,4,7-8,10H2,(H,16,17)/t12-/m1/s1. The van der Waals surface area contributed by atoms with E-state index in [1.165, 1.54) is 0 Å². The minimum absolute atomic E-state index is 0.0876. The molecule has 3 rings (SSSR count). The zero-order chi connectivity index (χ0) is 16.2. The number of H-pyrrole nitrogens is 1. The molecule has 23 heavy (non-hydrogen) atoms. The fourth-order valence-electron chi connectivity index (χ4n) is 2.64. The summed E-state index contributed by atoms with van der Waals surface area (Å²) in [5.74, 6) is 0.329. The lowest BCUT2D eigenvalue weighted by molar-refractivity contribution is -0.385. The van der Waals surface area contributed by atoms with Gasteiger partial charge in [0.1, 0.15) is 18.1 Å². The fraction of sp³-hybridized carbons (Fsp3) is 0.333. The minimum Gasteiger partial charge on any atom is -0.489 e. The average Bonchev–Trinajstić information content (AvgIpc) is 3.05. The predicted molar refractivity (Wildman–Crippen MR) is 81.2 cm³/mol. The SMILES string of the molecule is O=C(c1[nH]ncc1[N+](=O)[O-])N1CCC[C@@H](Oc2ccccc2)C1. The Hall–Kier alpha value is -2.90. The number of nitrogens with one attached hydrogen (secondary N) is 1. The highest BCUT2D eigenvalue weighted by atomic mass is 16.6. The van der Waals surface area contributed by atoms with E-state index in [-0.39, 0.29) is 17.5 Å². The Balaban J connectivity index is 1.69. The summed E-state index contributed by atoms with van der Waals surface area (Å²) in [5, 5.41) is 17.0. The first-order valence-electron chi connectivity index (χ1n) is 7.34. The number of likely N-dealkylation sites (tertiary alicyclic amines) is 1. The molecule has 1 aromatic carbocycles. The molecule has 8 nitrogen and oxygen atoms in total. The molecule has 120 valence electrons. The third-order valence-corrected chi connectivity index (χ3v) is 3.74. The van der Waals surface area contributed by atoms with Crippen molar-refractivity contribution in [3.8, 4) is 5.75 Å². The summed E-state index contributed by atoms with van der Waals surface area (Å²) < 4.78 is 5.88. The summed E-state index contributed by atoms with van der Waals surface area (Å²) in [6.07, 6.45) is 2.54. The highest BCUT2D eigenvalue weighted by Crippen LogP contribution is 2.22. The van der Waals surface area contributed by atoms with E-state index in [1.54, 1.807) is 4.90 Å². The van der Waals surface area contributed by atoms with Crippen molar-refractivity contribution in [1.82, 2.24) is 15.1 Å². The lowest BCUT2D eigenvalue weighted by Crippen LogP contribution is -2.44. The third kappa shape index (κ3) is 3.31. The second-order valence-electron chi connectivity index (χ2n) is 5.33. The molecule has 2 heterocycles. The van der Waals surface area contributed by atoms with Crippen LogP contribution in [0.15, 0.2) is 36.5 Å². The van der Waals surface area contributed by atoms with E-state index < -0.39 is 10.8 Å². The van der Waals surface area contributed by atoms with E-state index in [1.807, 2.05) is 30.3 Å². The molecule has 1 aliphatic heterocycles. The Morgan fingerprint density at radius 1 is 1.39 bits per heavy atom. The molecule has 2 aromatic rings. The molecule has 1 amide bonds. The molecular formula is C15H16N4O4. The van der Waals surface area contributed by atoms with E-state index in [4.69, 9.17) is 4.74 Å². The van der Waals surface area contributed by atoms with E-state index in [9.17, 15) is 14.9 Å². The number of benzene rings is 1. The van der Waals surface area contributed by atoms with Gasteiger partial charge in [-0.25, -0.2) is 0 Å². The monoisotopic (exact) mass is 316 g/mol. The van der Waals surface area contributed by atoms with Crippen molar-refractivity contribution >= 4 is 11.6 Å². The number of aromatic amines is 1. The molecule has 1 aromatic heterocycles. The largest absolute Gasteiger partial charge is 0.489 e. The highest BCUT2D eigenvalue weighted by molar-refractivity contribution is 5.96. The maximum absolute atomic E-state index is 12.5. The Kier molecular flexibility index (Phi) is 4.22. The van der Waals surface area contributed by atoms with Crippen LogP contribution in [0, 0.1) is 10.1 Å². The molecule has 0 bridgehead atoms. The van der Waals surface area contributed by atoms with Crippen LogP contribution in [0.2, 0.25) is 0 Å². The Labute approximate surface area is 132 Å². The summed E-state index contributed by atoms with van der Waals surface area (Å²) in [5.41, 5.74) is -0.392. The van der Waals surface area contributed by atoms with Crippen LogP contribution < -0.4 is 4.74 Å². The minimum atomic E-state index is -0.612. The molecule has 0 unspecified atom stereocenters. The number of amides is 1. The topological polar surface area (TPSA) is 101 Å². The Bertz CT molecular complexity index is 701. The number of carbonyl (C=O) groups is 1. The van der Waals surface area contributed by atoms with Crippen molar-refractivity contribution in [2.45, 2.75) is 18.9 Å². The van der Waals surface area contributed by atoms with Gasteiger partial charge in [-0.2, -0.15) is 5.10 Å². The number of piperidine rings is 1. The van der Waals surface area contributed by atoms with Crippen LogP contribution in [0.25, 0.3) is 0 Å². The van der Waals surface area contributed by atoms with E-state index >= 15 is 0 Å². The molecule has 1 aliphatic rings. The van der Waals surface area contributed by atoms with Crippen molar-refractivity contribution in [2.75, 3.05) is 13.1 Å². The number of hydrogen-bond acceptors (Lipinski definition) is 5. The molecule has 0 aliphatic carbocycles. The molecule has 1 fully saturated rings. The maximum atomic E-state index is 12.5. The van der Waals surface area contributed by atoms with Gasteiger partial charge in [-0.1, -0.05) is 18.2 Å². The van der Waals surface area contributed by atoms with Crippen molar-refractivity contribution in [3.05, 3.63) is 52.3 Å². The first-order chi connectivity index (χ1) is 11.1. The zero-order valence-electron chi connectivity index (χ0n) is 12.3. The van der Waals surface area contributed by atoms with E-state index in [0.29, 0.717) is 13.1 Å². The molecular weight excluding hydrogens is 300 g/mol. The normalized spacial score (nSPS) is 17.7. The van der Waals surface area contributed by atoms with Crippen LogP contribution in [0.4, 0.5) is 5.69 Å². The number of hydrogen-bond donors (Lipinski definition) is 1. The summed E-state index contributed by atoms with van der Waals surface area (Å²) in [7, 11) is 0. The van der Waals surface area contributed by atoms with Gasteiger partial charge in [0.05, 0.1) is 11.5 Å². The number of nitro groups is 1. The molecule has 1 atom stereocenters. The van der Waals surface area contributed by atoms with Crippen LogP contribution in [0.3, 0.4) is 0 Å². The zero-order valence-corrected chi connectivity index (χ0v) is 12.3. The quantitative estimate of drug-likeness (QED) is 0.686. The molecule has 0 radical (unpaired) electrons. The average molecular weight is 316 g/mol. The number of para-hydroxylation sites is 1. The van der Waals surface area contributed by atoms with Gasteiger partial charge in [-0.05, 0) is 25.0 Å². The van der Waals surface area contributed by atoms with E-state index in [0.717, 1.165) is 24.8 Å². The lowest BCUT2D eigenvalue weighted by atomic mass is 10.1. The summed E-state index contributed by atoms with van der Waals surface area (Å²) in [4.78, 5) is 24.4. The second kappa shape index (κ2) is 6.47. The predicted octanol–water partition coefficient (Wildman–Crippen LogP) is 2.00. The van der Waals surface area contributed by atoms with Crippen molar-refractivity contribution < 1.29 is 14.5 Å². The van der Waals surface area contributed by atoms with Gasteiger partial charge in [0.2, 0.25) is 5.69 Å². The molecule has 0 saturated carbocycles. The van der Waals surface area contributed by atoms with Crippen LogP contribution in [-0.4, -0.2) is 45.1 Å². The van der Waals surface area contributed by atoms with Gasteiger partial charge in [-0.15, -0.1) is 0 Å². The summed E-state index contributed by atoms with van der Waals surface area (Å²) in [6, 6.07) is 9.39. The van der Waals surface area contributed by atoms with Crippen LogP contribution >= 0.6 is 0 Å². The Morgan fingerprint density at radius 3 is 2.91 bits per heavy atom. The number of rotatable bonds is 4. The van der Waals surface area contributed by atoms with Crippen molar-refractivity contribution in [1.29, 1.82) is 0 Å². The molecule has 0 spiro atoms. The van der Waals surface area contributed by atoms with Gasteiger partial charge in [-0.3, -0.25) is 20.0 Å². The molecule has 8 heteroatoms. The van der Waals surface area contributed by atoms with Gasteiger partial charge in [0.15, 0.2) is 0 Å². The van der Waals surface area contributed by atoms with Gasteiger partial charge < -0.3 is 9.64 Å². The summed E-state index contributed by atoms with van der Waals surface area (Å²) >= 11 is 0. The fourth-order valence-corrected chi connectivity index (χ4v) is 2.64. The van der Waals surface area contributed by atoms with Gasteiger partial charge in [0.25, 0.3) is 5.91 Å². The molecule has 1 N–H and O–H groups in total. The first kappa shape index (κ1) is 15.0. The van der Waals surface area contributed by atoms with Crippen molar-refractivity contribution in [2.24, 2.45) is 0 Å². The van der Waals surface area contributed by atoms with Gasteiger partial charge in [0, 0.05) is 6.54 Å². The summed E-state index contributed by atoms with van der Waals surface area (Å²) in [6.45, 7) is 0.938. The van der Waals surface area contributed by atoms with Crippen LogP contribution in [0.5, 0.6) is 5.75 Å². The van der Waals surface area contributed by atoms with Crippen LogP contribution in [0.1, 0.15) is 23.3 Å². The Morgan fingerprint density at radius 2 is 2.17 bits per heavy atom. The third-order valence-electron chi connectivity index (χ3n) is 3.74. The van der Waals surface area contributed by atoms with Gasteiger partial charge >= 0.3 is 5.69 Å². The maximum Gasteiger partial charge on any atom is 0.319 e. The first-order valence-corrected chi connectivity index (χ1v) is 7.34. The number of ether oxygens (including phenoxy) is 1.